The predicted molar refractivity (Wildman–Crippen MR) is 52.4 cm³/mol. The van der Waals surface area contributed by atoms with Crippen LogP contribution in [0.5, 0.6) is 0 Å². The highest BCUT2D eigenvalue weighted by molar-refractivity contribution is 5.70. The second-order valence-corrected chi connectivity index (χ2v) is 3.50. The summed E-state index contributed by atoms with van der Waals surface area (Å²) < 4.78 is 37.6. The molecule has 0 fully saturated rings. The minimum Gasteiger partial charge on any atom is -0.237 e. The summed E-state index contributed by atoms with van der Waals surface area (Å²) in [6.45, 7) is -1.10. The molecule has 86 valence electrons. The van der Waals surface area contributed by atoms with Gasteiger partial charge in [0.25, 0.3) is 0 Å². The fraction of sp³-hybridized carbons (Fsp3) is 0.400. The van der Waals surface area contributed by atoms with Crippen molar-refractivity contribution in [1.82, 2.24) is 14.8 Å². The quantitative estimate of drug-likeness (QED) is 0.780. The van der Waals surface area contributed by atoms with E-state index >= 15 is 0 Å². The van der Waals surface area contributed by atoms with Crippen molar-refractivity contribution in [2.45, 2.75) is 25.6 Å². The van der Waals surface area contributed by atoms with Crippen molar-refractivity contribution in [3.63, 3.8) is 0 Å². The highest BCUT2D eigenvalue weighted by atomic mass is 19.4. The van der Waals surface area contributed by atoms with Crippen LogP contribution in [0, 0.1) is 0 Å². The summed E-state index contributed by atoms with van der Waals surface area (Å²) in [6.07, 6.45) is 4.17. The van der Waals surface area contributed by atoms with E-state index in [1.54, 1.807) is 6.08 Å². The third-order valence-corrected chi connectivity index (χ3v) is 2.20. The molecule has 0 aliphatic heterocycles. The van der Waals surface area contributed by atoms with E-state index in [0.29, 0.717) is 5.57 Å². The number of rotatable bonds is 2. The van der Waals surface area contributed by atoms with Crippen LogP contribution < -0.4 is 0 Å². The Balaban J connectivity index is 2.25. The molecule has 1 aromatic heterocycles. The SMILES string of the molecule is FC(F)(F)Cn1ncnc1C1=CCCC=C1. The van der Waals surface area contributed by atoms with Crippen molar-refractivity contribution in [3.8, 4) is 0 Å². The van der Waals surface area contributed by atoms with Crippen molar-refractivity contribution < 1.29 is 13.2 Å². The second kappa shape index (κ2) is 4.11. The molecular formula is C10H10F3N3. The Morgan fingerprint density at radius 3 is 2.75 bits per heavy atom. The van der Waals surface area contributed by atoms with E-state index in [-0.39, 0.29) is 5.82 Å². The number of allylic oxidation sites excluding steroid dienone is 4. The average molecular weight is 229 g/mol. The van der Waals surface area contributed by atoms with Crippen LogP contribution in [-0.4, -0.2) is 20.9 Å². The summed E-state index contributed by atoms with van der Waals surface area (Å²) in [5.74, 6) is 0.272. The molecule has 0 spiro atoms. The Morgan fingerprint density at radius 2 is 2.12 bits per heavy atom. The first-order chi connectivity index (χ1) is 7.56. The maximum absolute atomic E-state index is 12.2. The summed E-state index contributed by atoms with van der Waals surface area (Å²) >= 11 is 0. The molecule has 1 heterocycles. The van der Waals surface area contributed by atoms with Crippen molar-refractivity contribution in [2.75, 3.05) is 0 Å². The smallest absolute Gasteiger partial charge is 0.237 e. The molecule has 0 unspecified atom stereocenters. The molecule has 0 N–H and O–H groups in total. The molecule has 0 atom stereocenters. The largest absolute Gasteiger partial charge is 0.408 e. The molecule has 16 heavy (non-hydrogen) atoms. The van der Waals surface area contributed by atoms with Gasteiger partial charge in [-0.25, -0.2) is 9.67 Å². The molecular weight excluding hydrogens is 219 g/mol. The zero-order valence-corrected chi connectivity index (χ0v) is 8.41. The van der Waals surface area contributed by atoms with E-state index in [4.69, 9.17) is 0 Å². The summed E-state index contributed by atoms with van der Waals surface area (Å²) in [5.41, 5.74) is 0.702. The van der Waals surface area contributed by atoms with Crippen LogP contribution in [0.15, 0.2) is 24.6 Å². The predicted octanol–water partition coefficient (Wildman–Crippen LogP) is 2.57. The van der Waals surface area contributed by atoms with E-state index in [0.717, 1.165) is 23.9 Å². The lowest BCUT2D eigenvalue weighted by Crippen LogP contribution is -2.20. The van der Waals surface area contributed by atoms with Gasteiger partial charge < -0.3 is 0 Å². The van der Waals surface area contributed by atoms with Gasteiger partial charge in [0.2, 0.25) is 0 Å². The number of aromatic nitrogens is 3. The van der Waals surface area contributed by atoms with Gasteiger partial charge in [-0.15, -0.1) is 0 Å². The molecule has 0 saturated carbocycles. The van der Waals surface area contributed by atoms with E-state index < -0.39 is 12.7 Å². The van der Waals surface area contributed by atoms with E-state index in [9.17, 15) is 13.2 Å². The lowest BCUT2D eigenvalue weighted by atomic mass is 10.1. The highest BCUT2D eigenvalue weighted by Crippen LogP contribution is 2.22. The van der Waals surface area contributed by atoms with E-state index in [1.807, 2.05) is 12.2 Å². The molecule has 0 aromatic carbocycles. The number of nitrogens with zero attached hydrogens (tertiary/aromatic N) is 3. The maximum atomic E-state index is 12.2. The fourth-order valence-corrected chi connectivity index (χ4v) is 1.55. The number of alkyl halides is 3. The number of halogens is 3. The monoisotopic (exact) mass is 229 g/mol. The van der Waals surface area contributed by atoms with Gasteiger partial charge in [0.05, 0.1) is 0 Å². The molecule has 6 heteroatoms. The Labute approximate surface area is 90.3 Å². The van der Waals surface area contributed by atoms with Gasteiger partial charge in [0, 0.05) is 5.57 Å². The third-order valence-electron chi connectivity index (χ3n) is 2.20. The van der Waals surface area contributed by atoms with Crippen LogP contribution in [0.2, 0.25) is 0 Å². The van der Waals surface area contributed by atoms with Gasteiger partial charge in [-0.1, -0.05) is 18.2 Å². The van der Waals surface area contributed by atoms with Crippen molar-refractivity contribution in [1.29, 1.82) is 0 Å². The van der Waals surface area contributed by atoms with Gasteiger partial charge in [0.1, 0.15) is 12.9 Å². The molecule has 2 rings (SSSR count). The maximum Gasteiger partial charge on any atom is 0.408 e. The molecule has 0 bridgehead atoms. The highest BCUT2D eigenvalue weighted by Gasteiger charge is 2.30. The van der Waals surface area contributed by atoms with Crippen LogP contribution >= 0.6 is 0 Å². The standard InChI is InChI=1S/C10H10F3N3/c11-10(12,13)6-16-9(14-7-15-16)8-4-2-1-3-5-8/h2,4-5,7H,1,3,6H2. The molecule has 0 radical (unpaired) electrons. The average Bonchev–Trinajstić information content (AvgIpc) is 2.64. The normalized spacial score (nSPS) is 16.3. The molecule has 0 amide bonds. The number of hydrogen-bond donors (Lipinski definition) is 0. The third kappa shape index (κ3) is 2.50. The summed E-state index contributed by atoms with van der Waals surface area (Å²) in [6, 6.07) is 0. The first kappa shape index (κ1) is 10.9. The summed E-state index contributed by atoms with van der Waals surface area (Å²) in [5, 5.41) is 3.59. The Hall–Kier alpha value is -1.59. The fourth-order valence-electron chi connectivity index (χ4n) is 1.55. The Morgan fingerprint density at radius 1 is 1.31 bits per heavy atom. The van der Waals surface area contributed by atoms with Crippen LogP contribution in [-0.2, 0) is 6.54 Å². The van der Waals surface area contributed by atoms with Gasteiger partial charge in [-0.2, -0.15) is 18.3 Å². The zero-order chi connectivity index (χ0) is 11.6. The van der Waals surface area contributed by atoms with E-state index in [2.05, 4.69) is 10.1 Å². The molecule has 0 saturated heterocycles. The zero-order valence-electron chi connectivity index (χ0n) is 8.41. The topological polar surface area (TPSA) is 30.7 Å². The minimum atomic E-state index is -4.28. The lowest BCUT2D eigenvalue weighted by molar-refractivity contribution is -0.142. The summed E-state index contributed by atoms with van der Waals surface area (Å²) in [7, 11) is 0. The van der Waals surface area contributed by atoms with Gasteiger partial charge in [-0.05, 0) is 12.8 Å². The van der Waals surface area contributed by atoms with Crippen molar-refractivity contribution >= 4 is 5.57 Å². The number of hydrogen-bond acceptors (Lipinski definition) is 2. The Bertz CT molecular complexity index is 429. The summed E-state index contributed by atoms with van der Waals surface area (Å²) in [4.78, 5) is 3.86. The first-order valence-electron chi connectivity index (χ1n) is 4.88. The van der Waals surface area contributed by atoms with Gasteiger partial charge in [0.15, 0.2) is 5.82 Å². The second-order valence-electron chi connectivity index (χ2n) is 3.50. The molecule has 1 aliphatic rings. The first-order valence-corrected chi connectivity index (χ1v) is 4.88. The van der Waals surface area contributed by atoms with Gasteiger partial charge >= 0.3 is 6.18 Å². The van der Waals surface area contributed by atoms with Crippen LogP contribution in [0.25, 0.3) is 5.57 Å². The molecule has 1 aromatic rings. The Kier molecular flexibility index (Phi) is 2.80. The van der Waals surface area contributed by atoms with Crippen molar-refractivity contribution in [2.24, 2.45) is 0 Å². The van der Waals surface area contributed by atoms with Crippen molar-refractivity contribution in [3.05, 3.63) is 30.4 Å². The molecule has 1 aliphatic carbocycles. The van der Waals surface area contributed by atoms with Crippen LogP contribution in [0.1, 0.15) is 18.7 Å². The van der Waals surface area contributed by atoms with E-state index in [1.165, 1.54) is 0 Å². The van der Waals surface area contributed by atoms with Gasteiger partial charge in [-0.3, -0.25) is 0 Å². The van der Waals surface area contributed by atoms with Crippen LogP contribution in [0.4, 0.5) is 13.2 Å². The molecule has 3 nitrogen and oxygen atoms in total. The minimum absolute atomic E-state index is 0.272. The van der Waals surface area contributed by atoms with Crippen LogP contribution in [0.3, 0.4) is 0 Å². The lowest BCUT2D eigenvalue weighted by Gasteiger charge is -2.10.